The average molecular weight is 163 g/mol. The van der Waals surface area contributed by atoms with E-state index in [2.05, 4.69) is 10.8 Å². The quantitative estimate of drug-likeness (QED) is 0.533. The van der Waals surface area contributed by atoms with E-state index in [9.17, 15) is 4.79 Å². The zero-order valence-electron chi connectivity index (χ0n) is 7.12. The third kappa shape index (κ3) is 1.15. The molecule has 12 heavy (non-hydrogen) atoms. The maximum atomic E-state index is 11.2. The highest BCUT2D eigenvalue weighted by Gasteiger charge is 2.39. The van der Waals surface area contributed by atoms with Crippen LogP contribution in [0.4, 0.5) is 0 Å². The van der Waals surface area contributed by atoms with Crippen molar-refractivity contribution in [2.45, 2.75) is 37.8 Å². The summed E-state index contributed by atoms with van der Waals surface area (Å²) in [6, 6.07) is 0.930. The van der Waals surface area contributed by atoms with E-state index in [1.165, 1.54) is 0 Å². The van der Waals surface area contributed by atoms with Crippen molar-refractivity contribution in [3.05, 3.63) is 0 Å². The van der Waals surface area contributed by atoms with Crippen molar-refractivity contribution in [2.75, 3.05) is 6.54 Å². The first-order valence-electron chi connectivity index (χ1n) is 4.52. The molecule has 2 fully saturated rings. The SMILES string of the molecule is C#CCN1C2CCC1CC(=O)C2. The Balaban J connectivity index is 2.10. The number of piperidine rings is 1. The first kappa shape index (κ1) is 7.82. The third-order valence-corrected chi connectivity index (χ3v) is 2.97. The molecule has 0 radical (unpaired) electrons. The van der Waals surface area contributed by atoms with Gasteiger partial charge < -0.3 is 0 Å². The highest BCUT2D eigenvalue weighted by molar-refractivity contribution is 5.80. The van der Waals surface area contributed by atoms with Gasteiger partial charge >= 0.3 is 0 Å². The van der Waals surface area contributed by atoms with Crippen LogP contribution in [0, 0.1) is 12.3 Å². The summed E-state index contributed by atoms with van der Waals surface area (Å²) in [4.78, 5) is 13.5. The Hall–Kier alpha value is -0.810. The second-order valence-electron chi connectivity index (χ2n) is 3.71. The van der Waals surface area contributed by atoms with Crippen molar-refractivity contribution in [3.63, 3.8) is 0 Å². The summed E-state index contributed by atoms with van der Waals surface area (Å²) < 4.78 is 0. The predicted molar refractivity (Wildman–Crippen MR) is 46.6 cm³/mol. The lowest BCUT2D eigenvalue weighted by Crippen LogP contribution is -2.43. The highest BCUT2D eigenvalue weighted by atomic mass is 16.1. The maximum absolute atomic E-state index is 11.2. The van der Waals surface area contributed by atoms with Crippen molar-refractivity contribution in [2.24, 2.45) is 0 Å². The predicted octanol–water partition coefficient (Wildman–Crippen LogP) is 0.816. The molecule has 2 heterocycles. The molecule has 0 aliphatic carbocycles. The van der Waals surface area contributed by atoms with E-state index in [1.54, 1.807) is 0 Å². The first-order chi connectivity index (χ1) is 5.81. The van der Waals surface area contributed by atoms with Crippen LogP contribution in [0.2, 0.25) is 0 Å². The van der Waals surface area contributed by atoms with E-state index >= 15 is 0 Å². The van der Waals surface area contributed by atoms with Gasteiger partial charge in [-0.15, -0.1) is 6.42 Å². The fraction of sp³-hybridized carbons (Fsp3) is 0.700. The monoisotopic (exact) mass is 163 g/mol. The zero-order valence-corrected chi connectivity index (χ0v) is 7.12. The van der Waals surface area contributed by atoms with Gasteiger partial charge in [-0.25, -0.2) is 0 Å². The molecule has 0 aromatic rings. The first-order valence-corrected chi connectivity index (χ1v) is 4.52. The van der Waals surface area contributed by atoms with Crippen molar-refractivity contribution in [1.29, 1.82) is 0 Å². The van der Waals surface area contributed by atoms with Crippen LogP contribution in [0.5, 0.6) is 0 Å². The molecule has 2 aliphatic heterocycles. The van der Waals surface area contributed by atoms with Crippen LogP contribution in [-0.2, 0) is 4.79 Å². The van der Waals surface area contributed by atoms with E-state index in [4.69, 9.17) is 6.42 Å². The van der Waals surface area contributed by atoms with Crippen LogP contribution >= 0.6 is 0 Å². The van der Waals surface area contributed by atoms with Crippen LogP contribution in [0.15, 0.2) is 0 Å². The standard InChI is InChI=1S/C10H13NO/c1-2-5-11-8-3-4-9(11)7-10(12)6-8/h1,8-9H,3-7H2. The Morgan fingerprint density at radius 1 is 1.42 bits per heavy atom. The van der Waals surface area contributed by atoms with E-state index in [-0.39, 0.29) is 0 Å². The van der Waals surface area contributed by atoms with Crippen LogP contribution in [0.25, 0.3) is 0 Å². The molecule has 2 atom stereocenters. The largest absolute Gasteiger partial charge is 0.300 e. The Morgan fingerprint density at radius 2 is 2.00 bits per heavy atom. The van der Waals surface area contributed by atoms with Gasteiger partial charge in [0.1, 0.15) is 5.78 Å². The molecule has 0 amide bonds. The minimum absolute atomic E-state index is 0.427. The fourth-order valence-electron chi connectivity index (χ4n) is 2.43. The molecule has 2 saturated heterocycles. The topological polar surface area (TPSA) is 20.3 Å². The van der Waals surface area contributed by atoms with Crippen LogP contribution < -0.4 is 0 Å². The lowest BCUT2D eigenvalue weighted by atomic mass is 10.0. The van der Waals surface area contributed by atoms with Gasteiger partial charge in [0.05, 0.1) is 6.54 Å². The Bertz CT molecular complexity index is 225. The number of carbonyl (C=O) groups excluding carboxylic acids is 1. The summed E-state index contributed by atoms with van der Waals surface area (Å²) in [5.74, 6) is 3.09. The van der Waals surface area contributed by atoms with E-state index in [0.717, 1.165) is 32.2 Å². The number of terminal acetylenes is 1. The molecule has 0 aromatic heterocycles. The molecule has 64 valence electrons. The molecule has 2 unspecified atom stereocenters. The number of carbonyl (C=O) groups is 1. The minimum Gasteiger partial charge on any atom is -0.300 e. The molecule has 0 spiro atoms. The van der Waals surface area contributed by atoms with E-state index in [1.807, 2.05) is 0 Å². The number of hydrogen-bond donors (Lipinski definition) is 0. The van der Waals surface area contributed by atoms with Crippen molar-refractivity contribution < 1.29 is 4.79 Å². The second kappa shape index (κ2) is 2.91. The molecule has 2 nitrogen and oxygen atoms in total. The molecular formula is C10H13NO. The second-order valence-corrected chi connectivity index (χ2v) is 3.71. The van der Waals surface area contributed by atoms with Crippen molar-refractivity contribution in [1.82, 2.24) is 4.90 Å². The summed E-state index contributed by atoms with van der Waals surface area (Å²) in [5, 5.41) is 0. The molecule has 0 saturated carbocycles. The molecule has 2 heteroatoms. The number of rotatable bonds is 1. The Labute approximate surface area is 72.9 Å². The van der Waals surface area contributed by atoms with E-state index in [0.29, 0.717) is 17.9 Å². The lowest BCUT2D eigenvalue weighted by molar-refractivity contribution is -0.123. The fourth-order valence-corrected chi connectivity index (χ4v) is 2.43. The summed E-state index contributed by atoms with van der Waals surface area (Å²) in [6.45, 7) is 0.725. The minimum atomic E-state index is 0.427. The zero-order chi connectivity index (χ0) is 8.55. The summed E-state index contributed by atoms with van der Waals surface area (Å²) >= 11 is 0. The molecule has 0 N–H and O–H groups in total. The number of nitrogens with zero attached hydrogens (tertiary/aromatic N) is 1. The van der Waals surface area contributed by atoms with Crippen molar-refractivity contribution in [3.8, 4) is 12.3 Å². The maximum Gasteiger partial charge on any atom is 0.136 e. The lowest BCUT2D eigenvalue weighted by Gasteiger charge is -2.32. The number of ketones is 1. The van der Waals surface area contributed by atoms with E-state index < -0.39 is 0 Å². The smallest absolute Gasteiger partial charge is 0.136 e. The van der Waals surface area contributed by atoms with Gasteiger partial charge in [0, 0.05) is 24.9 Å². The van der Waals surface area contributed by atoms with Crippen molar-refractivity contribution >= 4 is 5.78 Å². The molecule has 2 aliphatic rings. The number of Topliss-reactive ketones (excluding diaryl/α,β-unsaturated/α-hetero) is 1. The summed E-state index contributed by atoms with van der Waals surface area (Å²) in [6.07, 6.45) is 9.07. The molecule has 0 aromatic carbocycles. The Kier molecular flexibility index (Phi) is 1.90. The van der Waals surface area contributed by atoms with Gasteiger partial charge in [0.15, 0.2) is 0 Å². The highest BCUT2D eigenvalue weighted by Crippen LogP contribution is 2.33. The summed E-state index contributed by atoms with van der Waals surface area (Å²) in [7, 11) is 0. The molecular weight excluding hydrogens is 150 g/mol. The third-order valence-electron chi connectivity index (χ3n) is 2.97. The van der Waals surface area contributed by atoms with Crippen LogP contribution in [-0.4, -0.2) is 29.3 Å². The van der Waals surface area contributed by atoms with Crippen LogP contribution in [0.3, 0.4) is 0 Å². The normalized spacial score (nSPS) is 35.1. The molecule has 2 bridgehead atoms. The van der Waals surface area contributed by atoms with Gasteiger partial charge in [-0.3, -0.25) is 9.69 Å². The number of hydrogen-bond acceptors (Lipinski definition) is 2. The molecule has 2 rings (SSSR count). The summed E-state index contributed by atoms with van der Waals surface area (Å²) in [5.41, 5.74) is 0. The Morgan fingerprint density at radius 3 is 2.50 bits per heavy atom. The van der Waals surface area contributed by atoms with Gasteiger partial charge in [-0.05, 0) is 12.8 Å². The van der Waals surface area contributed by atoms with Gasteiger partial charge in [-0.1, -0.05) is 5.92 Å². The average Bonchev–Trinajstić information content (AvgIpc) is 2.32. The van der Waals surface area contributed by atoms with Gasteiger partial charge in [0.25, 0.3) is 0 Å². The van der Waals surface area contributed by atoms with Crippen LogP contribution in [0.1, 0.15) is 25.7 Å². The van der Waals surface area contributed by atoms with Gasteiger partial charge in [0.2, 0.25) is 0 Å². The van der Waals surface area contributed by atoms with Gasteiger partial charge in [-0.2, -0.15) is 0 Å². The number of fused-ring (bicyclic) bond motifs is 2.